The van der Waals surface area contributed by atoms with Gasteiger partial charge in [0.2, 0.25) is 5.91 Å². The molecule has 5 nitrogen and oxygen atoms in total. The molecular formula is C14H20N2O3S. The molecule has 1 aliphatic rings. The number of hydrogen-bond acceptors (Lipinski definition) is 4. The van der Waals surface area contributed by atoms with Gasteiger partial charge in [-0.3, -0.25) is 9.78 Å². The molecule has 0 bridgehead atoms. The van der Waals surface area contributed by atoms with E-state index in [0.717, 1.165) is 12.0 Å². The Balaban J connectivity index is 1.93. The molecule has 1 fully saturated rings. The average Bonchev–Trinajstić information content (AvgIpc) is 2.81. The smallest absolute Gasteiger partial charge is 0.226 e. The van der Waals surface area contributed by atoms with Crippen molar-refractivity contribution < 1.29 is 13.2 Å². The van der Waals surface area contributed by atoms with E-state index in [9.17, 15) is 13.2 Å². The third-order valence-corrected chi connectivity index (χ3v) is 5.46. The summed E-state index contributed by atoms with van der Waals surface area (Å²) >= 11 is 0. The maximum Gasteiger partial charge on any atom is 0.226 e. The van der Waals surface area contributed by atoms with E-state index in [1.807, 2.05) is 19.1 Å². The van der Waals surface area contributed by atoms with Crippen LogP contribution in [0.1, 0.15) is 18.9 Å². The Hall–Kier alpha value is -1.43. The van der Waals surface area contributed by atoms with Gasteiger partial charge in [-0.1, -0.05) is 0 Å². The Morgan fingerprint density at radius 3 is 2.65 bits per heavy atom. The third-order valence-electron chi connectivity index (χ3n) is 3.69. The minimum absolute atomic E-state index is 0.0115. The number of rotatable bonds is 5. The molecule has 2 heterocycles. The number of nitrogens with zero attached hydrogens (tertiary/aromatic N) is 2. The molecule has 1 aromatic rings. The normalized spacial score (nSPS) is 20.8. The van der Waals surface area contributed by atoms with Crippen LogP contribution in [0.15, 0.2) is 24.5 Å². The lowest BCUT2D eigenvalue weighted by Crippen LogP contribution is -2.38. The van der Waals surface area contributed by atoms with Crippen LogP contribution < -0.4 is 0 Å². The molecule has 1 saturated heterocycles. The quantitative estimate of drug-likeness (QED) is 0.810. The summed E-state index contributed by atoms with van der Waals surface area (Å²) < 4.78 is 22.9. The van der Waals surface area contributed by atoms with E-state index in [-0.39, 0.29) is 23.3 Å². The standard InChI is InChI=1S/C14H20N2O3S/c1-2-16(9-5-12-3-7-15-8-4-12)14(17)13-6-10-20(18,19)11-13/h3-4,7-8,13H,2,5-6,9-11H2,1H3. The Bertz CT molecular complexity index is 557. The van der Waals surface area contributed by atoms with E-state index in [2.05, 4.69) is 4.98 Å². The maximum absolute atomic E-state index is 12.3. The first-order valence-corrected chi connectivity index (χ1v) is 8.72. The van der Waals surface area contributed by atoms with Crippen LogP contribution in [0.4, 0.5) is 0 Å². The first kappa shape index (κ1) is 15.0. The molecule has 0 N–H and O–H groups in total. The summed E-state index contributed by atoms with van der Waals surface area (Å²) in [6.45, 7) is 3.16. The zero-order chi connectivity index (χ0) is 14.6. The van der Waals surface area contributed by atoms with E-state index >= 15 is 0 Å². The van der Waals surface area contributed by atoms with Crippen molar-refractivity contribution in [2.45, 2.75) is 19.8 Å². The van der Waals surface area contributed by atoms with Crippen LogP contribution >= 0.6 is 0 Å². The molecule has 1 atom stereocenters. The average molecular weight is 296 g/mol. The molecule has 2 rings (SSSR count). The molecule has 1 aromatic heterocycles. The summed E-state index contributed by atoms with van der Waals surface area (Å²) in [5.41, 5.74) is 1.13. The lowest BCUT2D eigenvalue weighted by Gasteiger charge is -2.23. The second-order valence-electron chi connectivity index (χ2n) is 5.12. The topological polar surface area (TPSA) is 67.3 Å². The van der Waals surface area contributed by atoms with Gasteiger partial charge in [-0.2, -0.15) is 0 Å². The van der Waals surface area contributed by atoms with Crippen molar-refractivity contribution >= 4 is 15.7 Å². The predicted molar refractivity (Wildman–Crippen MR) is 77.0 cm³/mol. The molecule has 1 amide bonds. The summed E-state index contributed by atoms with van der Waals surface area (Å²) in [6, 6.07) is 3.86. The van der Waals surface area contributed by atoms with Gasteiger partial charge in [0.15, 0.2) is 9.84 Å². The first-order valence-electron chi connectivity index (χ1n) is 6.90. The lowest BCUT2D eigenvalue weighted by molar-refractivity contribution is -0.134. The second kappa shape index (κ2) is 6.35. The SMILES string of the molecule is CCN(CCc1ccncc1)C(=O)C1CCS(=O)(=O)C1. The van der Waals surface area contributed by atoms with Gasteiger partial charge in [0, 0.05) is 25.5 Å². The van der Waals surface area contributed by atoms with E-state index in [1.54, 1.807) is 17.3 Å². The molecule has 20 heavy (non-hydrogen) atoms. The van der Waals surface area contributed by atoms with Gasteiger partial charge >= 0.3 is 0 Å². The van der Waals surface area contributed by atoms with Gasteiger partial charge < -0.3 is 4.90 Å². The van der Waals surface area contributed by atoms with Crippen LogP contribution in [-0.4, -0.2) is 48.8 Å². The lowest BCUT2D eigenvalue weighted by atomic mass is 10.1. The van der Waals surface area contributed by atoms with Crippen molar-refractivity contribution in [2.75, 3.05) is 24.6 Å². The van der Waals surface area contributed by atoms with Crippen LogP contribution in [-0.2, 0) is 21.1 Å². The van der Waals surface area contributed by atoms with E-state index in [4.69, 9.17) is 0 Å². The number of likely N-dealkylation sites (N-methyl/N-ethyl adjacent to an activating group) is 1. The summed E-state index contributed by atoms with van der Waals surface area (Å²) in [7, 11) is -3.01. The van der Waals surface area contributed by atoms with E-state index < -0.39 is 9.84 Å². The highest BCUT2D eigenvalue weighted by atomic mass is 32.2. The molecule has 0 aromatic carbocycles. The molecule has 0 spiro atoms. The first-order chi connectivity index (χ1) is 9.52. The second-order valence-corrected chi connectivity index (χ2v) is 7.35. The van der Waals surface area contributed by atoms with Crippen LogP contribution in [0.5, 0.6) is 0 Å². The number of sulfone groups is 1. The van der Waals surface area contributed by atoms with Crippen molar-refractivity contribution in [2.24, 2.45) is 5.92 Å². The number of carbonyl (C=O) groups is 1. The van der Waals surface area contributed by atoms with Crippen molar-refractivity contribution in [1.82, 2.24) is 9.88 Å². The van der Waals surface area contributed by atoms with Crippen molar-refractivity contribution in [3.63, 3.8) is 0 Å². The highest BCUT2D eigenvalue weighted by Gasteiger charge is 2.34. The minimum atomic E-state index is -3.01. The molecule has 1 aliphatic heterocycles. The number of pyridine rings is 1. The van der Waals surface area contributed by atoms with Gasteiger partial charge in [-0.25, -0.2) is 8.42 Å². The highest BCUT2D eigenvalue weighted by molar-refractivity contribution is 7.91. The number of amides is 1. The van der Waals surface area contributed by atoms with Crippen molar-refractivity contribution in [1.29, 1.82) is 0 Å². The zero-order valence-corrected chi connectivity index (χ0v) is 12.5. The van der Waals surface area contributed by atoms with Gasteiger partial charge in [0.05, 0.1) is 17.4 Å². The fourth-order valence-electron chi connectivity index (χ4n) is 2.49. The van der Waals surface area contributed by atoms with Crippen LogP contribution in [0.25, 0.3) is 0 Å². The molecule has 0 saturated carbocycles. The summed E-state index contributed by atoms with van der Waals surface area (Å²) in [5.74, 6) is -0.219. The van der Waals surface area contributed by atoms with E-state index in [0.29, 0.717) is 19.5 Å². The Labute approximate surface area is 119 Å². The number of hydrogen-bond donors (Lipinski definition) is 0. The molecular weight excluding hydrogens is 276 g/mol. The van der Waals surface area contributed by atoms with Gasteiger partial charge in [0.1, 0.15) is 0 Å². The van der Waals surface area contributed by atoms with Gasteiger partial charge in [0.25, 0.3) is 0 Å². The van der Waals surface area contributed by atoms with Crippen molar-refractivity contribution in [3.8, 4) is 0 Å². The van der Waals surface area contributed by atoms with Crippen molar-refractivity contribution in [3.05, 3.63) is 30.1 Å². The molecule has 110 valence electrons. The maximum atomic E-state index is 12.3. The highest BCUT2D eigenvalue weighted by Crippen LogP contribution is 2.20. The van der Waals surface area contributed by atoms with Crippen LogP contribution in [0.3, 0.4) is 0 Å². The Morgan fingerprint density at radius 2 is 2.10 bits per heavy atom. The zero-order valence-electron chi connectivity index (χ0n) is 11.7. The number of carbonyl (C=O) groups excluding carboxylic acids is 1. The fourth-order valence-corrected chi connectivity index (χ4v) is 4.22. The molecule has 0 radical (unpaired) electrons. The molecule has 0 aliphatic carbocycles. The molecule has 1 unspecified atom stereocenters. The molecule has 6 heteroatoms. The fraction of sp³-hybridized carbons (Fsp3) is 0.571. The summed E-state index contributed by atoms with van der Waals surface area (Å²) in [4.78, 5) is 18.1. The van der Waals surface area contributed by atoms with Crippen LogP contribution in [0, 0.1) is 5.92 Å². The van der Waals surface area contributed by atoms with E-state index in [1.165, 1.54) is 0 Å². The predicted octanol–water partition coefficient (Wildman–Crippen LogP) is 0.907. The minimum Gasteiger partial charge on any atom is -0.342 e. The number of aromatic nitrogens is 1. The summed E-state index contributed by atoms with van der Waals surface area (Å²) in [6.07, 6.45) is 4.70. The largest absolute Gasteiger partial charge is 0.342 e. The Morgan fingerprint density at radius 1 is 1.40 bits per heavy atom. The summed E-state index contributed by atoms with van der Waals surface area (Å²) in [5, 5.41) is 0. The van der Waals surface area contributed by atoms with Gasteiger partial charge in [-0.05, 0) is 37.5 Å². The third kappa shape index (κ3) is 3.79. The monoisotopic (exact) mass is 296 g/mol. The van der Waals surface area contributed by atoms with Crippen LogP contribution in [0.2, 0.25) is 0 Å². The Kier molecular flexibility index (Phi) is 4.75. The van der Waals surface area contributed by atoms with Gasteiger partial charge in [-0.15, -0.1) is 0 Å².